The second-order valence-corrected chi connectivity index (χ2v) is 16.6. The van der Waals surface area contributed by atoms with Gasteiger partial charge < -0.3 is 47.1 Å². The molecule has 9 N–H and O–H groups in total. The van der Waals surface area contributed by atoms with Crippen LogP contribution in [0.1, 0.15) is 76.1 Å². The van der Waals surface area contributed by atoms with E-state index in [1.54, 1.807) is 68.6 Å². The molecule has 0 aliphatic rings. The molecular formula is C50H58F3N7O10. The van der Waals surface area contributed by atoms with E-state index in [0.717, 1.165) is 11.1 Å². The van der Waals surface area contributed by atoms with Gasteiger partial charge in [0.2, 0.25) is 11.8 Å². The number of nitrogens with two attached hydrogens (primary N) is 1. The molecular weight excluding hydrogens is 916 g/mol. The van der Waals surface area contributed by atoms with Crippen molar-refractivity contribution in [3.8, 4) is 11.5 Å². The first-order chi connectivity index (χ1) is 32.9. The van der Waals surface area contributed by atoms with Crippen LogP contribution in [0.2, 0.25) is 0 Å². The normalized spacial score (nSPS) is 12.4. The summed E-state index contributed by atoms with van der Waals surface area (Å²) >= 11 is 0. The summed E-state index contributed by atoms with van der Waals surface area (Å²) in [6, 6.07) is 22.6. The molecule has 0 fully saturated rings. The molecule has 0 unspecified atom stereocenters. The largest absolute Gasteiger partial charge is 0.508 e. The number of carboxylic acid groups (broad SMARTS) is 1. The van der Waals surface area contributed by atoms with Crippen LogP contribution in [0.15, 0.2) is 97.1 Å². The molecule has 4 aromatic carbocycles. The smallest absolute Gasteiger partial charge is 0.471 e. The van der Waals surface area contributed by atoms with Crippen molar-refractivity contribution in [3.05, 3.63) is 142 Å². The molecule has 4 atom stereocenters. The van der Waals surface area contributed by atoms with Crippen molar-refractivity contribution in [2.45, 2.75) is 116 Å². The topological polar surface area (TPSA) is 255 Å². The Labute approximate surface area is 404 Å². The van der Waals surface area contributed by atoms with Gasteiger partial charge in [-0.1, -0.05) is 72.8 Å². The van der Waals surface area contributed by atoms with E-state index in [1.807, 2.05) is 30.3 Å². The highest BCUT2D eigenvalue weighted by molar-refractivity contribution is 5.93. The standard InChI is InChI=1S/C24H24F3N3O4.C18H26N2O5.C8H8N2O/c1-15(20(31)12-9-17-14-18(28-2)10-13-21(17)32)29-22(33)19(30-23(34)24(25,26)27)11-8-16-6-4-3-5-7-16;1-12(16(22)23)19-15(21)14(20-17(24)25-18(2,3)4)11-10-13-8-6-5-7-9-13;1-10-7-2-3-8(11)6(4-7)5-9/h3-7,10,13-15,19,32H,8-9,11-12H2,1H3,(H,29,33)(H,30,34);5-9,12,14H,10-11H2,1-4H3,(H,19,21)(H,20,24)(H,22,23);2-4,11H,5,9H2/t15-,19+;12-,14+;/m00./s1. The summed E-state index contributed by atoms with van der Waals surface area (Å²) in [5.41, 5.74) is 8.19. The maximum absolute atomic E-state index is 12.7. The van der Waals surface area contributed by atoms with Crippen molar-refractivity contribution in [1.82, 2.24) is 21.3 Å². The summed E-state index contributed by atoms with van der Waals surface area (Å²) in [6.45, 7) is 21.9. The molecule has 20 heteroatoms. The van der Waals surface area contributed by atoms with Crippen LogP contribution in [0.3, 0.4) is 0 Å². The first-order valence-electron chi connectivity index (χ1n) is 21.8. The predicted molar refractivity (Wildman–Crippen MR) is 253 cm³/mol. The van der Waals surface area contributed by atoms with E-state index < -0.39 is 71.5 Å². The van der Waals surface area contributed by atoms with Crippen LogP contribution >= 0.6 is 0 Å². The Morgan fingerprint density at radius 2 is 1.10 bits per heavy atom. The fourth-order valence-electron chi connectivity index (χ4n) is 6.03. The Hall–Kier alpha value is -7.97. The van der Waals surface area contributed by atoms with Gasteiger partial charge in [0, 0.05) is 13.0 Å². The molecule has 0 saturated heterocycles. The summed E-state index contributed by atoms with van der Waals surface area (Å²) in [5.74, 6) is -5.20. The minimum absolute atomic E-state index is 0.0762. The molecule has 0 aliphatic carbocycles. The van der Waals surface area contributed by atoms with Crippen molar-refractivity contribution in [2.24, 2.45) is 5.73 Å². The van der Waals surface area contributed by atoms with Crippen molar-refractivity contribution in [3.63, 3.8) is 0 Å². The highest BCUT2D eigenvalue weighted by atomic mass is 19.4. The summed E-state index contributed by atoms with van der Waals surface area (Å²) in [7, 11) is 0. The third-order valence-electron chi connectivity index (χ3n) is 9.83. The summed E-state index contributed by atoms with van der Waals surface area (Å²) in [6.07, 6.45) is -4.85. The van der Waals surface area contributed by atoms with Gasteiger partial charge in [0.1, 0.15) is 35.2 Å². The van der Waals surface area contributed by atoms with Crippen molar-refractivity contribution in [2.75, 3.05) is 0 Å². The third kappa shape index (κ3) is 21.8. The number of carbonyl (C=O) groups excluding carboxylic acids is 5. The Bertz CT molecular complexity index is 2470. The number of hydrogen-bond acceptors (Lipinski definition) is 10. The number of benzene rings is 4. The number of alkyl halides is 3. The molecule has 4 amide bonds. The van der Waals surface area contributed by atoms with Crippen LogP contribution in [0.25, 0.3) is 9.69 Å². The minimum Gasteiger partial charge on any atom is -0.508 e. The fraction of sp³-hybridized carbons (Fsp3) is 0.360. The first-order valence-corrected chi connectivity index (χ1v) is 21.8. The van der Waals surface area contributed by atoms with E-state index in [4.69, 9.17) is 33.8 Å². The lowest BCUT2D eigenvalue weighted by Gasteiger charge is -2.24. The van der Waals surface area contributed by atoms with E-state index in [-0.39, 0.29) is 43.7 Å². The van der Waals surface area contributed by atoms with E-state index in [2.05, 4.69) is 25.6 Å². The van der Waals surface area contributed by atoms with Gasteiger partial charge in [0.25, 0.3) is 0 Å². The van der Waals surface area contributed by atoms with Crippen molar-refractivity contribution < 1.29 is 62.0 Å². The lowest BCUT2D eigenvalue weighted by molar-refractivity contribution is -0.174. The number of aryl methyl sites for hydroxylation is 3. The van der Waals surface area contributed by atoms with Gasteiger partial charge in [-0.15, -0.1) is 0 Å². The lowest BCUT2D eigenvalue weighted by atomic mass is 10.0. The van der Waals surface area contributed by atoms with E-state index >= 15 is 0 Å². The molecule has 0 aliphatic heterocycles. The predicted octanol–water partition coefficient (Wildman–Crippen LogP) is 7.13. The number of aromatic hydroxyl groups is 2. The molecule has 0 heterocycles. The molecule has 374 valence electrons. The number of nitrogens with one attached hydrogen (secondary N) is 4. The van der Waals surface area contributed by atoms with E-state index in [9.17, 15) is 47.0 Å². The molecule has 17 nitrogen and oxygen atoms in total. The number of ether oxygens (including phenoxy) is 1. The lowest BCUT2D eigenvalue weighted by Crippen LogP contribution is -2.53. The number of phenolic OH excluding ortho intramolecular Hbond substituents is 2. The van der Waals surface area contributed by atoms with Gasteiger partial charge in [-0.05, 0) is 113 Å². The molecule has 70 heavy (non-hydrogen) atoms. The van der Waals surface area contributed by atoms with Crippen LogP contribution in [-0.2, 0) is 54.5 Å². The van der Waals surface area contributed by atoms with Crippen LogP contribution in [0.4, 0.5) is 29.3 Å². The Morgan fingerprint density at radius 3 is 1.53 bits per heavy atom. The quantitative estimate of drug-likeness (QED) is 0.0466. The Kier molecular flexibility index (Phi) is 23.6. The molecule has 0 saturated carbocycles. The fourth-order valence-corrected chi connectivity index (χ4v) is 6.03. The zero-order chi connectivity index (χ0) is 52.6. The molecule has 0 spiro atoms. The number of nitrogens with zero attached hydrogens (tertiary/aromatic N) is 2. The second-order valence-electron chi connectivity index (χ2n) is 16.6. The van der Waals surface area contributed by atoms with Gasteiger partial charge in [0.15, 0.2) is 17.2 Å². The average Bonchev–Trinajstić information content (AvgIpc) is 3.31. The molecule has 0 bridgehead atoms. The minimum atomic E-state index is -5.16. The molecule has 0 radical (unpaired) electrons. The number of phenols is 2. The van der Waals surface area contributed by atoms with Gasteiger partial charge in [-0.3, -0.25) is 24.0 Å². The maximum atomic E-state index is 12.7. The summed E-state index contributed by atoms with van der Waals surface area (Å²) in [4.78, 5) is 78.2. The number of ketones is 1. The number of alkyl carbamates (subject to hydrolysis) is 1. The van der Waals surface area contributed by atoms with E-state index in [0.29, 0.717) is 35.3 Å². The third-order valence-corrected chi connectivity index (χ3v) is 9.83. The highest BCUT2D eigenvalue weighted by Crippen LogP contribution is 2.25. The van der Waals surface area contributed by atoms with Crippen LogP contribution in [-0.4, -0.2) is 86.8 Å². The zero-order valence-corrected chi connectivity index (χ0v) is 39.3. The number of rotatable bonds is 18. The molecule has 4 rings (SSSR count). The number of aliphatic carboxylic acids is 1. The van der Waals surface area contributed by atoms with Gasteiger partial charge in [0.05, 0.1) is 19.2 Å². The second kappa shape index (κ2) is 28.4. The van der Waals surface area contributed by atoms with E-state index in [1.165, 1.54) is 38.1 Å². The van der Waals surface area contributed by atoms with Gasteiger partial charge >= 0.3 is 24.1 Å². The Balaban J connectivity index is 0.000000406. The maximum Gasteiger partial charge on any atom is 0.471 e. The number of carbonyl (C=O) groups is 6. The monoisotopic (exact) mass is 973 g/mol. The van der Waals surface area contributed by atoms with Crippen LogP contribution in [0, 0.1) is 13.1 Å². The number of carboxylic acids is 1. The van der Waals surface area contributed by atoms with Gasteiger partial charge in [-0.2, -0.15) is 13.2 Å². The van der Waals surface area contributed by atoms with Gasteiger partial charge in [-0.25, -0.2) is 14.5 Å². The number of amides is 4. The van der Waals surface area contributed by atoms with Crippen LogP contribution < -0.4 is 27.0 Å². The average molecular weight is 974 g/mol. The summed E-state index contributed by atoms with van der Waals surface area (Å²) in [5, 5.41) is 36.9. The van der Waals surface area contributed by atoms with Crippen molar-refractivity contribution in [1.29, 1.82) is 0 Å². The summed E-state index contributed by atoms with van der Waals surface area (Å²) < 4.78 is 43.4. The number of hydrogen-bond donors (Lipinski definition) is 8. The SMILES string of the molecule is C[C@H](NC(=O)[C@@H](CCc1ccccc1)NC(=O)OC(C)(C)C)C(=O)O.[C-]#[N+]c1ccc(O)c(CCC(=O)[C@H](C)NC(=O)[C@@H](CCc2ccccc2)NC(=O)C(F)(F)F)c1.[C-]#[N+]c1ccc(O)c(CN)c1. The Morgan fingerprint density at radius 1 is 0.657 bits per heavy atom. The van der Waals surface area contributed by atoms with Crippen LogP contribution in [0.5, 0.6) is 11.5 Å². The molecule has 4 aromatic rings. The zero-order valence-electron chi connectivity index (χ0n) is 39.3. The van der Waals surface area contributed by atoms with Crippen molar-refractivity contribution >= 4 is 46.9 Å². The first kappa shape index (κ1) is 58.2. The number of halogens is 3. The molecule has 0 aromatic heterocycles. The highest BCUT2D eigenvalue weighted by Gasteiger charge is 2.41. The number of Topliss-reactive ketones (excluding diaryl/α,β-unsaturated/α-hetero) is 1.